The van der Waals surface area contributed by atoms with E-state index < -0.39 is 12.0 Å². The summed E-state index contributed by atoms with van der Waals surface area (Å²) < 4.78 is 5.11. The smallest absolute Gasteiger partial charge is 0.320 e. The number of benzene rings is 1. The fraction of sp³-hybridized carbons (Fsp3) is 0.562. The molecule has 0 amide bonds. The van der Waals surface area contributed by atoms with Gasteiger partial charge >= 0.3 is 5.97 Å². The molecule has 116 valence electrons. The van der Waals surface area contributed by atoms with E-state index in [0.29, 0.717) is 17.3 Å². The second-order valence-electron chi connectivity index (χ2n) is 5.55. The Labute approximate surface area is 130 Å². The van der Waals surface area contributed by atoms with Crippen LogP contribution in [0.3, 0.4) is 0 Å². The molecule has 0 aromatic heterocycles. The minimum Gasteiger partial charge on any atom is -0.497 e. The predicted octanol–water partition coefficient (Wildman–Crippen LogP) is 3.47. The molecule has 1 aliphatic rings. The van der Waals surface area contributed by atoms with Crippen LogP contribution in [0.4, 0.5) is 0 Å². The van der Waals surface area contributed by atoms with Crippen LogP contribution in [0, 0.1) is 5.92 Å². The molecule has 1 fully saturated rings. The van der Waals surface area contributed by atoms with Gasteiger partial charge in [-0.05, 0) is 36.5 Å². The zero-order valence-electron chi connectivity index (χ0n) is 12.3. The molecule has 1 aromatic rings. The monoisotopic (exact) mass is 311 g/mol. The molecule has 0 aliphatic heterocycles. The van der Waals surface area contributed by atoms with Crippen molar-refractivity contribution in [2.75, 3.05) is 7.11 Å². The van der Waals surface area contributed by atoms with Crippen molar-refractivity contribution < 1.29 is 14.6 Å². The number of ether oxygens (including phenoxy) is 1. The number of halogens is 1. The maximum atomic E-state index is 11.5. The van der Waals surface area contributed by atoms with Crippen molar-refractivity contribution in [3.05, 3.63) is 28.8 Å². The van der Waals surface area contributed by atoms with Gasteiger partial charge in [0.15, 0.2) is 0 Å². The lowest BCUT2D eigenvalue weighted by Gasteiger charge is -2.28. The summed E-state index contributed by atoms with van der Waals surface area (Å²) in [5.41, 5.74) is 0.888. The number of rotatable bonds is 6. The molecule has 1 atom stereocenters. The first kappa shape index (κ1) is 16.1. The molecule has 2 rings (SSSR count). The topological polar surface area (TPSA) is 58.6 Å². The Hall–Kier alpha value is -1.26. The number of hydrogen-bond donors (Lipinski definition) is 2. The Balaban J connectivity index is 1.99. The average molecular weight is 312 g/mol. The fourth-order valence-corrected chi connectivity index (χ4v) is 3.18. The molecule has 0 heterocycles. The molecule has 4 nitrogen and oxygen atoms in total. The second kappa shape index (κ2) is 7.66. The zero-order chi connectivity index (χ0) is 15.2. The number of carbonyl (C=O) groups is 1. The Morgan fingerprint density at radius 2 is 2.14 bits per heavy atom. The van der Waals surface area contributed by atoms with Gasteiger partial charge in [0.05, 0.1) is 7.11 Å². The number of carboxylic acids is 1. The van der Waals surface area contributed by atoms with Crippen LogP contribution in [-0.4, -0.2) is 24.2 Å². The summed E-state index contributed by atoms with van der Waals surface area (Å²) in [4.78, 5) is 11.5. The largest absolute Gasteiger partial charge is 0.497 e. The summed E-state index contributed by atoms with van der Waals surface area (Å²) in [5.74, 6) is 0.144. The fourth-order valence-electron chi connectivity index (χ4n) is 2.94. The van der Waals surface area contributed by atoms with E-state index in [-0.39, 0.29) is 5.92 Å². The van der Waals surface area contributed by atoms with E-state index >= 15 is 0 Å². The van der Waals surface area contributed by atoms with E-state index in [9.17, 15) is 9.90 Å². The second-order valence-corrected chi connectivity index (χ2v) is 5.96. The molecule has 0 saturated heterocycles. The molecule has 5 heteroatoms. The van der Waals surface area contributed by atoms with Gasteiger partial charge in [-0.15, -0.1) is 0 Å². The molecular formula is C16H22ClNO3. The van der Waals surface area contributed by atoms with Crippen LogP contribution in [0.5, 0.6) is 5.75 Å². The van der Waals surface area contributed by atoms with Crippen molar-refractivity contribution in [2.45, 2.75) is 44.7 Å². The van der Waals surface area contributed by atoms with Gasteiger partial charge in [-0.3, -0.25) is 4.79 Å². The number of carboxylic acid groups (broad SMARTS) is 1. The molecular weight excluding hydrogens is 290 g/mol. The standard InChI is InChI=1S/C16H22ClNO3/c1-21-13-8-7-12(14(17)9-13)10-18-15(16(19)20)11-5-3-2-4-6-11/h7-9,11,15,18H,2-6,10H2,1H3,(H,19,20)/t15-/m0/s1. The van der Waals surface area contributed by atoms with Crippen molar-refractivity contribution in [3.63, 3.8) is 0 Å². The van der Waals surface area contributed by atoms with E-state index in [2.05, 4.69) is 5.32 Å². The summed E-state index contributed by atoms with van der Waals surface area (Å²) in [6.07, 6.45) is 5.44. The van der Waals surface area contributed by atoms with Crippen LogP contribution < -0.4 is 10.1 Å². The van der Waals surface area contributed by atoms with Crippen molar-refractivity contribution in [1.82, 2.24) is 5.32 Å². The van der Waals surface area contributed by atoms with Crippen LogP contribution in [-0.2, 0) is 11.3 Å². The molecule has 1 aromatic carbocycles. The Morgan fingerprint density at radius 1 is 1.43 bits per heavy atom. The van der Waals surface area contributed by atoms with Gasteiger partial charge in [-0.1, -0.05) is 36.9 Å². The highest BCUT2D eigenvalue weighted by atomic mass is 35.5. The Bertz CT molecular complexity index is 486. The van der Waals surface area contributed by atoms with E-state index in [0.717, 1.165) is 31.2 Å². The SMILES string of the molecule is COc1ccc(CN[C@H](C(=O)O)C2CCCCC2)c(Cl)c1. The lowest BCUT2D eigenvalue weighted by Crippen LogP contribution is -2.43. The number of hydrogen-bond acceptors (Lipinski definition) is 3. The molecule has 0 radical (unpaired) electrons. The molecule has 1 aliphatic carbocycles. The van der Waals surface area contributed by atoms with Gasteiger partial charge in [-0.25, -0.2) is 0 Å². The minimum absolute atomic E-state index is 0.216. The highest BCUT2D eigenvalue weighted by molar-refractivity contribution is 6.31. The normalized spacial score (nSPS) is 17.4. The predicted molar refractivity (Wildman–Crippen MR) is 82.8 cm³/mol. The first-order valence-electron chi connectivity index (χ1n) is 7.40. The first-order chi connectivity index (χ1) is 10.1. The lowest BCUT2D eigenvalue weighted by molar-refractivity contribution is -0.141. The third-order valence-electron chi connectivity index (χ3n) is 4.16. The van der Waals surface area contributed by atoms with Crippen molar-refractivity contribution in [3.8, 4) is 5.75 Å². The highest BCUT2D eigenvalue weighted by Crippen LogP contribution is 2.27. The van der Waals surface area contributed by atoms with Gasteiger partial charge in [-0.2, -0.15) is 0 Å². The summed E-state index contributed by atoms with van der Waals surface area (Å²) in [5, 5.41) is 13.2. The first-order valence-corrected chi connectivity index (χ1v) is 7.78. The molecule has 21 heavy (non-hydrogen) atoms. The summed E-state index contributed by atoms with van der Waals surface area (Å²) in [6, 6.07) is 4.95. The minimum atomic E-state index is -0.772. The highest BCUT2D eigenvalue weighted by Gasteiger charge is 2.28. The van der Waals surface area contributed by atoms with Crippen molar-refractivity contribution in [1.29, 1.82) is 0 Å². The van der Waals surface area contributed by atoms with E-state index in [1.54, 1.807) is 13.2 Å². The van der Waals surface area contributed by atoms with Crippen LogP contribution in [0.25, 0.3) is 0 Å². The third-order valence-corrected chi connectivity index (χ3v) is 4.51. The van der Waals surface area contributed by atoms with E-state index in [1.165, 1.54) is 6.42 Å². The van der Waals surface area contributed by atoms with E-state index in [4.69, 9.17) is 16.3 Å². The van der Waals surface area contributed by atoms with Crippen LogP contribution in [0.15, 0.2) is 18.2 Å². The number of aliphatic carboxylic acids is 1. The molecule has 0 bridgehead atoms. The third kappa shape index (κ3) is 4.35. The Morgan fingerprint density at radius 3 is 2.71 bits per heavy atom. The van der Waals surface area contributed by atoms with Gasteiger partial charge in [0.2, 0.25) is 0 Å². The van der Waals surface area contributed by atoms with Gasteiger partial charge < -0.3 is 15.2 Å². The quantitative estimate of drug-likeness (QED) is 0.844. The summed E-state index contributed by atoms with van der Waals surface area (Å²) in [7, 11) is 1.59. The summed E-state index contributed by atoms with van der Waals surface area (Å²) in [6.45, 7) is 0.455. The van der Waals surface area contributed by atoms with Gasteiger partial charge in [0.1, 0.15) is 11.8 Å². The van der Waals surface area contributed by atoms with Crippen LogP contribution >= 0.6 is 11.6 Å². The maximum absolute atomic E-state index is 11.5. The molecule has 0 spiro atoms. The zero-order valence-corrected chi connectivity index (χ0v) is 13.0. The number of nitrogens with one attached hydrogen (secondary N) is 1. The van der Waals surface area contributed by atoms with E-state index in [1.807, 2.05) is 12.1 Å². The lowest BCUT2D eigenvalue weighted by atomic mass is 9.84. The average Bonchev–Trinajstić information content (AvgIpc) is 2.49. The van der Waals surface area contributed by atoms with Gasteiger partial charge in [0, 0.05) is 11.6 Å². The van der Waals surface area contributed by atoms with Gasteiger partial charge in [0.25, 0.3) is 0 Å². The molecule has 2 N–H and O–H groups in total. The maximum Gasteiger partial charge on any atom is 0.320 e. The van der Waals surface area contributed by atoms with Crippen molar-refractivity contribution >= 4 is 17.6 Å². The van der Waals surface area contributed by atoms with Crippen LogP contribution in [0.2, 0.25) is 5.02 Å². The molecule has 0 unspecified atom stereocenters. The van der Waals surface area contributed by atoms with Crippen LogP contribution in [0.1, 0.15) is 37.7 Å². The molecule has 1 saturated carbocycles. The summed E-state index contributed by atoms with van der Waals surface area (Å²) >= 11 is 6.19. The Kier molecular flexibility index (Phi) is 5.88. The van der Waals surface area contributed by atoms with Crippen molar-refractivity contribution in [2.24, 2.45) is 5.92 Å². The number of methoxy groups -OCH3 is 1.